The zero-order chi connectivity index (χ0) is 16.5. The van der Waals surface area contributed by atoms with E-state index in [1.54, 1.807) is 0 Å². The minimum atomic E-state index is 0.481. The highest BCUT2D eigenvalue weighted by Gasteiger charge is 2.25. The molecule has 1 aliphatic rings. The van der Waals surface area contributed by atoms with Gasteiger partial charge in [-0.05, 0) is 37.1 Å². The number of pyridine rings is 1. The first-order valence-corrected chi connectivity index (χ1v) is 8.53. The Morgan fingerprint density at radius 3 is 2.79 bits per heavy atom. The van der Waals surface area contributed by atoms with Crippen LogP contribution < -0.4 is 9.80 Å². The Hall–Kier alpha value is -2.27. The topological polar surface area (TPSA) is 45.4 Å². The third-order valence-corrected chi connectivity index (χ3v) is 4.87. The van der Waals surface area contributed by atoms with E-state index in [-0.39, 0.29) is 0 Å². The fourth-order valence-electron chi connectivity index (χ4n) is 3.22. The predicted octanol–water partition coefficient (Wildman–Crippen LogP) is 3.98. The second kappa shape index (κ2) is 6.32. The van der Waals surface area contributed by atoms with E-state index >= 15 is 0 Å². The standard InChI is InChI=1S/C18H19ClN4O/c1-22(17-4-2-3-9-20-17)14-7-10-23(11-8-14)18-21-15-6-5-13(19)12-16(15)24-18/h2-6,9,12,14H,7-8,10-11H2,1H3. The van der Waals surface area contributed by atoms with Crippen LogP contribution in [0, 0.1) is 0 Å². The van der Waals surface area contributed by atoms with Crippen LogP contribution in [0.15, 0.2) is 47.0 Å². The van der Waals surface area contributed by atoms with E-state index in [0.29, 0.717) is 17.1 Å². The number of hydrogen-bond donors (Lipinski definition) is 0. The molecule has 5 nitrogen and oxygen atoms in total. The van der Waals surface area contributed by atoms with Crippen LogP contribution in [0.5, 0.6) is 0 Å². The van der Waals surface area contributed by atoms with Crippen LogP contribution in [-0.4, -0.2) is 36.1 Å². The molecule has 1 aromatic carbocycles. The maximum Gasteiger partial charge on any atom is 0.298 e. The molecule has 1 fully saturated rings. The molecule has 124 valence electrons. The Morgan fingerprint density at radius 1 is 1.21 bits per heavy atom. The summed E-state index contributed by atoms with van der Waals surface area (Å²) in [7, 11) is 2.12. The molecule has 0 saturated carbocycles. The first-order valence-electron chi connectivity index (χ1n) is 8.15. The number of nitrogens with zero attached hydrogens (tertiary/aromatic N) is 4. The van der Waals surface area contributed by atoms with Gasteiger partial charge in [0.05, 0.1) is 0 Å². The molecular weight excluding hydrogens is 324 g/mol. The fraction of sp³-hybridized carbons (Fsp3) is 0.333. The quantitative estimate of drug-likeness (QED) is 0.720. The van der Waals surface area contributed by atoms with Crippen molar-refractivity contribution in [2.45, 2.75) is 18.9 Å². The van der Waals surface area contributed by atoms with Gasteiger partial charge in [0.15, 0.2) is 5.58 Å². The van der Waals surface area contributed by atoms with Crippen molar-refractivity contribution >= 4 is 34.5 Å². The van der Waals surface area contributed by atoms with Gasteiger partial charge in [-0.2, -0.15) is 4.98 Å². The smallest absolute Gasteiger partial charge is 0.298 e. The molecule has 2 aromatic heterocycles. The summed E-state index contributed by atoms with van der Waals surface area (Å²) in [4.78, 5) is 13.5. The van der Waals surface area contributed by atoms with E-state index in [0.717, 1.165) is 42.8 Å². The average Bonchev–Trinajstić information content (AvgIpc) is 3.05. The number of anilines is 2. The number of hydrogen-bond acceptors (Lipinski definition) is 5. The Labute approximate surface area is 145 Å². The number of halogens is 1. The highest BCUT2D eigenvalue weighted by Crippen LogP contribution is 2.28. The van der Waals surface area contributed by atoms with Crippen LogP contribution in [0.3, 0.4) is 0 Å². The number of rotatable bonds is 3. The number of benzene rings is 1. The van der Waals surface area contributed by atoms with Gasteiger partial charge in [-0.25, -0.2) is 4.98 Å². The highest BCUT2D eigenvalue weighted by atomic mass is 35.5. The summed E-state index contributed by atoms with van der Waals surface area (Å²) in [5.74, 6) is 1.02. The van der Waals surface area contributed by atoms with Gasteiger partial charge in [0.1, 0.15) is 11.3 Å². The molecule has 0 radical (unpaired) electrons. The first kappa shape index (κ1) is 15.3. The summed E-state index contributed by atoms with van der Waals surface area (Å²) in [6.45, 7) is 1.84. The lowest BCUT2D eigenvalue weighted by molar-refractivity contribution is 0.452. The Morgan fingerprint density at radius 2 is 2.04 bits per heavy atom. The molecule has 3 heterocycles. The van der Waals surface area contributed by atoms with Gasteiger partial charge < -0.3 is 14.2 Å². The zero-order valence-electron chi connectivity index (χ0n) is 13.5. The third kappa shape index (κ3) is 2.91. The van der Waals surface area contributed by atoms with E-state index in [2.05, 4.69) is 32.9 Å². The van der Waals surface area contributed by atoms with E-state index < -0.39 is 0 Å². The average molecular weight is 343 g/mol. The van der Waals surface area contributed by atoms with Gasteiger partial charge in [0.2, 0.25) is 0 Å². The summed E-state index contributed by atoms with van der Waals surface area (Å²) < 4.78 is 5.87. The Kier molecular flexibility index (Phi) is 4.02. The molecule has 0 aliphatic carbocycles. The molecule has 24 heavy (non-hydrogen) atoms. The maximum atomic E-state index is 6.01. The number of aromatic nitrogens is 2. The van der Waals surface area contributed by atoms with Gasteiger partial charge in [0.25, 0.3) is 6.01 Å². The molecule has 1 aliphatic heterocycles. The van der Waals surface area contributed by atoms with E-state index in [1.165, 1.54) is 0 Å². The van der Waals surface area contributed by atoms with Crippen molar-refractivity contribution in [3.05, 3.63) is 47.6 Å². The SMILES string of the molecule is CN(c1ccccn1)C1CCN(c2nc3ccc(Cl)cc3o2)CC1. The lowest BCUT2D eigenvalue weighted by Crippen LogP contribution is -2.43. The normalized spacial score (nSPS) is 15.8. The van der Waals surface area contributed by atoms with Crippen molar-refractivity contribution in [2.75, 3.05) is 29.9 Å². The monoisotopic (exact) mass is 342 g/mol. The van der Waals surface area contributed by atoms with Crippen LogP contribution >= 0.6 is 11.6 Å². The molecule has 0 N–H and O–H groups in total. The Bertz CT molecular complexity index is 827. The van der Waals surface area contributed by atoms with Crippen LogP contribution in [0.4, 0.5) is 11.8 Å². The number of piperidine rings is 1. The number of oxazole rings is 1. The van der Waals surface area contributed by atoms with Gasteiger partial charge in [-0.3, -0.25) is 0 Å². The summed E-state index contributed by atoms with van der Waals surface area (Å²) in [6.07, 6.45) is 3.93. The second-order valence-corrected chi connectivity index (χ2v) is 6.56. The van der Waals surface area contributed by atoms with Crippen LogP contribution in [0.25, 0.3) is 11.1 Å². The fourth-order valence-corrected chi connectivity index (χ4v) is 3.38. The van der Waals surface area contributed by atoms with Crippen molar-refractivity contribution < 1.29 is 4.42 Å². The van der Waals surface area contributed by atoms with Gasteiger partial charge >= 0.3 is 0 Å². The van der Waals surface area contributed by atoms with E-state index in [1.807, 2.05) is 36.5 Å². The molecule has 0 unspecified atom stereocenters. The molecule has 3 aromatic rings. The van der Waals surface area contributed by atoms with Crippen molar-refractivity contribution in [1.29, 1.82) is 0 Å². The van der Waals surface area contributed by atoms with Gasteiger partial charge in [-0.15, -0.1) is 0 Å². The lowest BCUT2D eigenvalue weighted by Gasteiger charge is -2.36. The van der Waals surface area contributed by atoms with Crippen LogP contribution in [-0.2, 0) is 0 Å². The first-order chi connectivity index (χ1) is 11.7. The molecule has 0 amide bonds. The predicted molar refractivity (Wildman–Crippen MR) is 96.9 cm³/mol. The third-order valence-electron chi connectivity index (χ3n) is 4.63. The van der Waals surface area contributed by atoms with Crippen LogP contribution in [0.1, 0.15) is 12.8 Å². The summed E-state index contributed by atoms with van der Waals surface area (Å²) in [6, 6.07) is 12.7. The van der Waals surface area contributed by atoms with Crippen molar-refractivity contribution in [3.8, 4) is 0 Å². The molecule has 0 spiro atoms. The lowest BCUT2D eigenvalue weighted by atomic mass is 10.0. The molecule has 0 atom stereocenters. The second-order valence-electron chi connectivity index (χ2n) is 6.13. The van der Waals surface area contributed by atoms with Gasteiger partial charge in [-0.1, -0.05) is 17.7 Å². The van der Waals surface area contributed by atoms with Crippen molar-refractivity contribution in [2.24, 2.45) is 0 Å². The van der Waals surface area contributed by atoms with Crippen LogP contribution in [0.2, 0.25) is 5.02 Å². The maximum absolute atomic E-state index is 6.01. The highest BCUT2D eigenvalue weighted by molar-refractivity contribution is 6.31. The number of fused-ring (bicyclic) bond motifs is 1. The zero-order valence-corrected chi connectivity index (χ0v) is 14.3. The summed E-state index contributed by atoms with van der Waals surface area (Å²) >= 11 is 6.01. The molecule has 6 heteroatoms. The molecule has 4 rings (SSSR count). The summed E-state index contributed by atoms with van der Waals surface area (Å²) in [5, 5.41) is 0.667. The molecule has 1 saturated heterocycles. The minimum absolute atomic E-state index is 0.481. The largest absolute Gasteiger partial charge is 0.423 e. The van der Waals surface area contributed by atoms with Crippen molar-refractivity contribution in [3.63, 3.8) is 0 Å². The molecule has 0 bridgehead atoms. The summed E-state index contributed by atoms with van der Waals surface area (Å²) in [5.41, 5.74) is 1.59. The minimum Gasteiger partial charge on any atom is -0.423 e. The van der Waals surface area contributed by atoms with Gasteiger partial charge in [0, 0.05) is 43.5 Å². The Balaban J connectivity index is 1.45. The van der Waals surface area contributed by atoms with E-state index in [9.17, 15) is 0 Å². The van der Waals surface area contributed by atoms with Crippen molar-refractivity contribution in [1.82, 2.24) is 9.97 Å². The molecular formula is C18H19ClN4O. The van der Waals surface area contributed by atoms with E-state index in [4.69, 9.17) is 16.0 Å².